The molecule has 2 saturated carbocycles. The second kappa shape index (κ2) is 18.6. The molecule has 38 heavy (non-hydrogen) atoms. The highest BCUT2D eigenvalue weighted by atomic mass is 31.1. The number of esters is 2. The number of carbonyl (C=O) groups is 2. The van der Waals surface area contributed by atoms with Gasteiger partial charge in [0.05, 0.1) is 0 Å². The van der Waals surface area contributed by atoms with Gasteiger partial charge in [0.2, 0.25) is 0 Å². The summed E-state index contributed by atoms with van der Waals surface area (Å²) in [7, 11) is -4.14. The minimum atomic E-state index is -2.07. The molecule has 0 amide bonds. The van der Waals surface area contributed by atoms with Crippen LogP contribution in [0.3, 0.4) is 0 Å². The third-order valence-corrected chi connectivity index (χ3v) is 11.8. The first-order valence-corrected chi connectivity index (χ1v) is 18.4. The summed E-state index contributed by atoms with van der Waals surface area (Å²) in [4.78, 5) is 24.8. The molecule has 2 fully saturated rings. The van der Waals surface area contributed by atoms with E-state index in [2.05, 4.69) is 0 Å². The SMILES string of the molecule is CCC(OC(C)C(=O)OC1CCCCC1)[PH](=O)CCCC[PH](=O)C(CC)OC(C)C(=O)OC1CCCCC1. The Balaban J connectivity index is 1.67. The van der Waals surface area contributed by atoms with Crippen LogP contribution in [0.5, 0.6) is 0 Å². The lowest BCUT2D eigenvalue weighted by Crippen LogP contribution is -2.31. The third kappa shape index (κ3) is 12.2. The molecule has 0 radical (unpaired) electrons. The Morgan fingerprint density at radius 3 is 1.32 bits per heavy atom. The van der Waals surface area contributed by atoms with Gasteiger partial charge >= 0.3 is 11.9 Å². The van der Waals surface area contributed by atoms with Crippen LogP contribution in [-0.4, -0.2) is 60.4 Å². The van der Waals surface area contributed by atoms with Crippen LogP contribution in [0.25, 0.3) is 0 Å². The molecule has 0 aliphatic heterocycles. The standard InChI is InChI=1S/C28H52O8P2/c1-5-25(33-21(3)27(29)35-23-15-9-7-10-16-23)37(31)19-13-14-20-38(32)26(6-2)34-22(4)28(30)36-24-17-11-8-12-18-24/h21-26,37-38H,5-20H2,1-4H3. The van der Waals surface area contributed by atoms with Crippen LogP contribution in [0.4, 0.5) is 0 Å². The molecular weight excluding hydrogens is 526 g/mol. The molecule has 6 atom stereocenters. The van der Waals surface area contributed by atoms with Gasteiger partial charge in [0.1, 0.15) is 39.5 Å². The van der Waals surface area contributed by atoms with Gasteiger partial charge in [-0.3, -0.25) is 0 Å². The van der Waals surface area contributed by atoms with Gasteiger partial charge in [-0.1, -0.05) is 26.7 Å². The van der Waals surface area contributed by atoms with Crippen molar-refractivity contribution >= 4 is 27.5 Å². The van der Waals surface area contributed by atoms with Gasteiger partial charge in [0.25, 0.3) is 0 Å². The molecule has 222 valence electrons. The van der Waals surface area contributed by atoms with E-state index in [1.807, 2.05) is 13.8 Å². The van der Waals surface area contributed by atoms with Gasteiger partial charge < -0.3 is 28.1 Å². The zero-order valence-electron chi connectivity index (χ0n) is 24.0. The Hall–Kier alpha value is -0.680. The quantitative estimate of drug-likeness (QED) is 0.104. The van der Waals surface area contributed by atoms with Crippen molar-refractivity contribution in [2.45, 2.75) is 154 Å². The zero-order valence-corrected chi connectivity index (χ0v) is 26.0. The molecule has 0 heterocycles. The average molecular weight is 579 g/mol. The molecule has 8 nitrogen and oxygen atoms in total. The zero-order chi connectivity index (χ0) is 27.9. The van der Waals surface area contributed by atoms with Gasteiger partial charge in [-0.2, -0.15) is 0 Å². The lowest BCUT2D eigenvalue weighted by atomic mass is 9.98. The monoisotopic (exact) mass is 578 g/mol. The van der Waals surface area contributed by atoms with E-state index in [0.717, 1.165) is 51.4 Å². The van der Waals surface area contributed by atoms with E-state index in [1.165, 1.54) is 12.8 Å². The number of rotatable bonds is 17. The molecule has 10 heteroatoms. The van der Waals surface area contributed by atoms with Gasteiger partial charge in [-0.15, -0.1) is 0 Å². The van der Waals surface area contributed by atoms with Crippen molar-refractivity contribution in [2.75, 3.05) is 12.3 Å². The maximum absolute atomic E-state index is 12.9. The largest absolute Gasteiger partial charge is 0.460 e. The highest BCUT2D eigenvalue weighted by molar-refractivity contribution is 7.45. The predicted octanol–water partition coefficient (Wildman–Crippen LogP) is 6.92. The molecular formula is C28H52O8P2. The first kappa shape index (κ1) is 33.5. The molecule has 0 saturated heterocycles. The van der Waals surface area contributed by atoms with Crippen LogP contribution in [0, 0.1) is 0 Å². The van der Waals surface area contributed by atoms with Crippen molar-refractivity contribution in [3.63, 3.8) is 0 Å². The van der Waals surface area contributed by atoms with Crippen molar-refractivity contribution in [1.82, 2.24) is 0 Å². The summed E-state index contributed by atoms with van der Waals surface area (Å²) in [5, 5.41) is 0. The summed E-state index contributed by atoms with van der Waals surface area (Å²) in [6.45, 7) is 7.17. The third-order valence-electron chi connectivity index (χ3n) is 7.63. The Kier molecular flexibility index (Phi) is 16.4. The summed E-state index contributed by atoms with van der Waals surface area (Å²) in [5.41, 5.74) is 0. The van der Waals surface area contributed by atoms with Crippen LogP contribution in [-0.2, 0) is 37.7 Å². The van der Waals surface area contributed by atoms with Gasteiger partial charge in [0.15, 0.2) is 12.2 Å². The fourth-order valence-electron chi connectivity index (χ4n) is 5.21. The van der Waals surface area contributed by atoms with Crippen LogP contribution < -0.4 is 0 Å². The van der Waals surface area contributed by atoms with E-state index in [0.29, 0.717) is 38.0 Å². The van der Waals surface area contributed by atoms with Crippen molar-refractivity contribution in [3.05, 3.63) is 0 Å². The van der Waals surface area contributed by atoms with Crippen LogP contribution in [0.15, 0.2) is 0 Å². The Morgan fingerprint density at radius 2 is 1.00 bits per heavy atom. The maximum Gasteiger partial charge on any atom is 0.335 e. The minimum absolute atomic E-state index is 0.0241. The van der Waals surface area contributed by atoms with Crippen molar-refractivity contribution in [1.29, 1.82) is 0 Å². The average Bonchev–Trinajstić information content (AvgIpc) is 2.93. The van der Waals surface area contributed by atoms with Crippen LogP contribution >= 0.6 is 15.6 Å². The number of ether oxygens (including phenoxy) is 4. The number of carbonyl (C=O) groups excluding carboxylic acids is 2. The molecule has 2 aliphatic carbocycles. The molecule has 0 spiro atoms. The molecule has 0 bridgehead atoms. The molecule has 2 rings (SSSR count). The predicted molar refractivity (Wildman–Crippen MR) is 152 cm³/mol. The molecule has 6 unspecified atom stereocenters. The summed E-state index contributed by atoms with van der Waals surface area (Å²) in [6, 6.07) is 0. The van der Waals surface area contributed by atoms with Gasteiger partial charge in [0, 0.05) is 12.3 Å². The fraction of sp³-hybridized carbons (Fsp3) is 0.929. The second-order valence-electron chi connectivity index (χ2n) is 10.9. The summed E-state index contributed by atoms with van der Waals surface area (Å²) >= 11 is 0. The van der Waals surface area contributed by atoms with Crippen molar-refractivity contribution < 1.29 is 37.7 Å². The van der Waals surface area contributed by atoms with E-state index in [1.54, 1.807) is 13.8 Å². The second-order valence-corrected chi connectivity index (χ2v) is 15.0. The van der Waals surface area contributed by atoms with E-state index in [4.69, 9.17) is 18.9 Å². The normalized spacial score (nSPS) is 22.1. The van der Waals surface area contributed by atoms with E-state index < -0.39 is 39.5 Å². The summed E-state index contributed by atoms with van der Waals surface area (Å²) in [5.74, 6) is -1.67. The van der Waals surface area contributed by atoms with E-state index in [-0.39, 0.29) is 24.1 Å². The van der Waals surface area contributed by atoms with Crippen LogP contribution in [0.2, 0.25) is 0 Å². The molecule has 2 aliphatic rings. The maximum atomic E-state index is 12.9. The lowest BCUT2D eigenvalue weighted by molar-refractivity contribution is -0.164. The first-order valence-electron chi connectivity index (χ1n) is 15.0. The fourth-order valence-corrected chi connectivity index (χ4v) is 8.67. The number of hydrogen-bond donors (Lipinski definition) is 0. The number of unbranched alkanes of at least 4 members (excludes halogenated alkanes) is 1. The Labute approximate surface area is 231 Å². The minimum Gasteiger partial charge on any atom is -0.460 e. The summed E-state index contributed by atoms with van der Waals surface area (Å²) in [6.07, 6.45) is 12.3. The highest BCUT2D eigenvalue weighted by Crippen LogP contribution is 2.37. The van der Waals surface area contributed by atoms with Crippen molar-refractivity contribution in [2.24, 2.45) is 0 Å². The Morgan fingerprint density at radius 1 is 0.658 bits per heavy atom. The van der Waals surface area contributed by atoms with Crippen LogP contribution in [0.1, 0.15) is 118 Å². The van der Waals surface area contributed by atoms with E-state index >= 15 is 0 Å². The topological polar surface area (TPSA) is 105 Å². The molecule has 0 N–H and O–H groups in total. The van der Waals surface area contributed by atoms with Crippen molar-refractivity contribution in [3.8, 4) is 0 Å². The Bertz CT molecular complexity index is 687. The molecule has 0 aromatic heterocycles. The highest BCUT2D eigenvalue weighted by Gasteiger charge is 2.28. The van der Waals surface area contributed by atoms with Gasteiger partial charge in [-0.25, -0.2) is 9.59 Å². The van der Waals surface area contributed by atoms with E-state index in [9.17, 15) is 18.7 Å². The van der Waals surface area contributed by atoms with Gasteiger partial charge in [-0.05, 0) is 90.9 Å². The lowest BCUT2D eigenvalue weighted by Gasteiger charge is -2.25. The molecule has 0 aromatic rings. The molecule has 0 aromatic carbocycles. The number of hydrogen-bond acceptors (Lipinski definition) is 8. The summed E-state index contributed by atoms with van der Waals surface area (Å²) < 4.78 is 48.7. The smallest absolute Gasteiger partial charge is 0.335 e. The first-order chi connectivity index (χ1) is 18.2.